The third-order valence-corrected chi connectivity index (χ3v) is 7.57. The maximum absolute atomic E-state index is 13.0. The van der Waals surface area contributed by atoms with Crippen LogP contribution in [0.15, 0.2) is 29.3 Å². The topological polar surface area (TPSA) is 121 Å². The van der Waals surface area contributed by atoms with Crippen LogP contribution in [0.5, 0.6) is 5.75 Å². The van der Waals surface area contributed by atoms with Crippen molar-refractivity contribution in [3.63, 3.8) is 0 Å². The molecule has 0 atom stereocenters. The molecule has 1 saturated carbocycles. The molecule has 2 fully saturated rings. The van der Waals surface area contributed by atoms with E-state index >= 15 is 0 Å². The first-order valence-electron chi connectivity index (χ1n) is 10.6. The lowest BCUT2D eigenvalue weighted by molar-refractivity contribution is 0.0730. The summed E-state index contributed by atoms with van der Waals surface area (Å²) in [7, 11) is -2.12. The summed E-state index contributed by atoms with van der Waals surface area (Å²) in [5, 5.41) is 7.62. The van der Waals surface area contributed by atoms with E-state index in [9.17, 15) is 8.42 Å². The summed E-state index contributed by atoms with van der Waals surface area (Å²) in [6.07, 6.45) is 4.17. The Morgan fingerprint density at radius 3 is 2.72 bits per heavy atom. The van der Waals surface area contributed by atoms with Gasteiger partial charge >= 0.3 is 0 Å². The molecule has 3 N–H and O–H groups in total. The van der Waals surface area contributed by atoms with Gasteiger partial charge in [0.05, 0.1) is 36.3 Å². The van der Waals surface area contributed by atoms with Crippen LogP contribution in [0.4, 0.5) is 17.5 Å². The number of aromatic nitrogens is 3. The van der Waals surface area contributed by atoms with Crippen LogP contribution in [0.25, 0.3) is 11.0 Å². The molecule has 11 heteroatoms. The monoisotopic (exact) mass is 458 g/mol. The summed E-state index contributed by atoms with van der Waals surface area (Å²) >= 11 is 0. The van der Waals surface area contributed by atoms with Gasteiger partial charge in [-0.25, -0.2) is 8.42 Å². The molecule has 170 valence electrons. The second kappa shape index (κ2) is 8.23. The smallest absolute Gasteiger partial charge is 0.243 e. The van der Waals surface area contributed by atoms with E-state index in [0.717, 1.165) is 35.3 Å². The van der Waals surface area contributed by atoms with Crippen LogP contribution < -0.4 is 15.4 Å². The van der Waals surface area contributed by atoms with E-state index in [2.05, 4.69) is 25.6 Å². The Bertz CT molecular complexity index is 1250. The number of aryl methyl sites for hydroxylation is 1. The van der Waals surface area contributed by atoms with Crippen LogP contribution in [0.3, 0.4) is 0 Å². The van der Waals surface area contributed by atoms with Gasteiger partial charge in [0.25, 0.3) is 0 Å². The number of ether oxygens (including phenoxy) is 2. The van der Waals surface area contributed by atoms with Crippen LogP contribution in [0.1, 0.15) is 18.4 Å². The van der Waals surface area contributed by atoms with Crippen molar-refractivity contribution in [1.29, 1.82) is 0 Å². The van der Waals surface area contributed by atoms with Crippen molar-refractivity contribution >= 4 is 38.5 Å². The summed E-state index contributed by atoms with van der Waals surface area (Å²) in [6.45, 7) is 3.48. The van der Waals surface area contributed by atoms with Crippen molar-refractivity contribution in [3.8, 4) is 5.75 Å². The number of nitrogens with one attached hydrogen (secondary N) is 3. The molecule has 3 aromatic rings. The molecule has 1 aromatic carbocycles. The minimum absolute atomic E-state index is 0.175. The zero-order chi connectivity index (χ0) is 22.3. The molecule has 0 unspecified atom stereocenters. The fraction of sp³-hybridized carbons (Fsp3) is 0.429. The zero-order valence-electron chi connectivity index (χ0n) is 18.0. The fourth-order valence-corrected chi connectivity index (χ4v) is 5.18. The average Bonchev–Trinajstić information content (AvgIpc) is 3.54. The van der Waals surface area contributed by atoms with E-state index in [1.54, 1.807) is 12.1 Å². The maximum Gasteiger partial charge on any atom is 0.243 e. The molecular formula is C21H26N6O4S. The first kappa shape index (κ1) is 21.0. The summed E-state index contributed by atoms with van der Waals surface area (Å²) in [4.78, 5) is 12.6. The quantitative estimate of drug-likeness (QED) is 0.494. The zero-order valence-corrected chi connectivity index (χ0v) is 18.8. The third kappa shape index (κ3) is 3.98. The van der Waals surface area contributed by atoms with Gasteiger partial charge in [0.15, 0.2) is 0 Å². The molecule has 2 aliphatic rings. The third-order valence-electron chi connectivity index (χ3n) is 5.67. The second-order valence-corrected chi connectivity index (χ2v) is 9.95. The highest BCUT2D eigenvalue weighted by molar-refractivity contribution is 7.89. The highest BCUT2D eigenvalue weighted by Gasteiger charge is 2.27. The molecule has 1 saturated heterocycles. The minimum atomic E-state index is -3.62. The number of fused-ring (bicyclic) bond motifs is 1. The Labute approximate surface area is 186 Å². The summed E-state index contributed by atoms with van der Waals surface area (Å²) < 4.78 is 38.2. The molecule has 1 aliphatic heterocycles. The number of sulfonamides is 1. The normalized spacial score (nSPS) is 17.4. The Hall–Kier alpha value is -2.89. The Morgan fingerprint density at radius 2 is 2.00 bits per heavy atom. The van der Waals surface area contributed by atoms with Gasteiger partial charge in [-0.3, -0.25) is 0 Å². The van der Waals surface area contributed by atoms with E-state index in [1.165, 1.54) is 17.5 Å². The van der Waals surface area contributed by atoms with Gasteiger partial charge in [-0.05, 0) is 37.5 Å². The first-order chi connectivity index (χ1) is 15.5. The van der Waals surface area contributed by atoms with Crippen molar-refractivity contribution in [2.45, 2.75) is 30.7 Å². The number of H-pyrrole nitrogens is 1. The van der Waals surface area contributed by atoms with Crippen LogP contribution in [0.2, 0.25) is 0 Å². The van der Waals surface area contributed by atoms with Crippen LogP contribution in [-0.4, -0.2) is 67.1 Å². The van der Waals surface area contributed by atoms with Gasteiger partial charge in [-0.2, -0.15) is 14.3 Å². The van der Waals surface area contributed by atoms with E-state index < -0.39 is 10.0 Å². The molecule has 0 radical (unpaired) electrons. The molecule has 10 nitrogen and oxygen atoms in total. The first-order valence-corrected chi connectivity index (χ1v) is 12.0. The number of hydrogen-bond acceptors (Lipinski definition) is 8. The van der Waals surface area contributed by atoms with Crippen molar-refractivity contribution in [1.82, 2.24) is 19.3 Å². The van der Waals surface area contributed by atoms with Gasteiger partial charge in [0.2, 0.25) is 16.0 Å². The maximum atomic E-state index is 13.0. The SMILES string of the molecule is COc1cc(S(=O)(=O)N2CCOCC2)ccc1Nc1nc(NC2CC2)c2c(C)c[nH]c2n1. The Balaban J connectivity index is 1.46. The number of anilines is 3. The molecule has 1 aliphatic carbocycles. The number of methoxy groups -OCH3 is 1. The lowest BCUT2D eigenvalue weighted by Gasteiger charge is -2.26. The predicted molar refractivity (Wildman–Crippen MR) is 121 cm³/mol. The van der Waals surface area contributed by atoms with Crippen LogP contribution >= 0.6 is 0 Å². The van der Waals surface area contributed by atoms with Gasteiger partial charge < -0.3 is 25.1 Å². The van der Waals surface area contributed by atoms with Crippen LogP contribution in [0, 0.1) is 6.92 Å². The molecular weight excluding hydrogens is 432 g/mol. The minimum Gasteiger partial charge on any atom is -0.495 e. The fourth-order valence-electron chi connectivity index (χ4n) is 3.76. The van der Waals surface area contributed by atoms with Gasteiger partial charge in [-0.1, -0.05) is 0 Å². The molecule has 0 bridgehead atoms. The number of nitrogens with zero attached hydrogens (tertiary/aromatic N) is 3. The molecule has 5 rings (SSSR count). The summed E-state index contributed by atoms with van der Waals surface area (Å²) in [5.41, 5.74) is 2.38. The van der Waals surface area contributed by atoms with Crippen LogP contribution in [-0.2, 0) is 14.8 Å². The van der Waals surface area contributed by atoms with E-state index in [-0.39, 0.29) is 4.90 Å². The number of hydrogen-bond donors (Lipinski definition) is 3. The molecule has 3 heterocycles. The number of rotatable bonds is 7. The highest BCUT2D eigenvalue weighted by Crippen LogP contribution is 2.34. The molecule has 32 heavy (non-hydrogen) atoms. The summed E-state index contributed by atoms with van der Waals surface area (Å²) in [6, 6.07) is 5.20. The average molecular weight is 459 g/mol. The second-order valence-electron chi connectivity index (χ2n) is 8.01. The van der Waals surface area contributed by atoms with E-state index in [4.69, 9.17) is 9.47 Å². The Morgan fingerprint density at radius 1 is 1.22 bits per heavy atom. The Kier molecular flexibility index (Phi) is 5.39. The number of morpholine rings is 1. The van der Waals surface area contributed by atoms with Crippen molar-refractivity contribution in [2.75, 3.05) is 44.0 Å². The molecule has 0 spiro atoms. The van der Waals surface area contributed by atoms with Gasteiger partial charge in [0.1, 0.15) is 17.2 Å². The predicted octanol–water partition coefficient (Wildman–Crippen LogP) is 2.61. The lowest BCUT2D eigenvalue weighted by Crippen LogP contribution is -2.40. The number of aromatic amines is 1. The molecule has 2 aromatic heterocycles. The lowest BCUT2D eigenvalue weighted by atomic mass is 10.2. The van der Waals surface area contributed by atoms with Gasteiger partial charge in [0, 0.05) is 31.4 Å². The van der Waals surface area contributed by atoms with Crippen molar-refractivity contribution in [2.24, 2.45) is 0 Å². The molecule has 0 amide bonds. The van der Waals surface area contributed by atoms with Gasteiger partial charge in [-0.15, -0.1) is 0 Å². The van der Waals surface area contributed by atoms with E-state index in [0.29, 0.717) is 49.7 Å². The summed E-state index contributed by atoms with van der Waals surface area (Å²) in [5.74, 6) is 1.57. The highest BCUT2D eigenvalue weighted by atomic mass is 32.2. The number of benzene rings is 1. The standard InChI is InChI=1S/C21H26N6O4S/c1-13-12-22-19-18(13)20(23-14-3-4-14)26-21(25-19)24-16-6-5-15(11-17(16)30-2)32(28,29)27-7-9-31-10-8-27/h5-6,11-12,14H,3-4,7-10H2,1-2H3,(H3,22,23,24,25,26). The largest absolute Gasteiger partial charge is 0.495 e. The van der Waals surface area contributed by atoms with Crippen molar-refractivity contribution in [3.05, 3.63) is 30.0 Å². The van der Waals surface area contributed by atoms with Crippen molar-refractivity contribution < 1.29 is 17.9 Å². The van der Waals surface area contributed by atoms with E-state index in [1.807, 2.05) is 13.1 Å².